The van der Waals surface area contributed by atoms with Gasteiger partial charge in [0, 0.05) is 29.5 Å². The van der Waals surface area contributed by atoms with Crippen LogP contribution in [0.3, 0.4) is 0 Å². The van der Waals surface area contributed by atoms with Gasteiger partial charge in [-0.25, -0.2) is 0 Å². The zero-order chi connectivity index (χ0) is 16.3. The Bertz CT molecular complexity index is 548. The van der Waals surface area contributed by atoms with E-state index in [0.29, 0.717) is 25.8 Å². The molecule has 0 aromatic heterocycles. The molecule has 0 bridgehead atoms. The second-order valence-corrected chi connectivity index (χ2v) is 7.59. The van der Waals surface area contributed by atoms with Gasteiger partial charge in [0.1, 0.15) is 5.60 Å². The SMILES string of the molecule is CC(C)(C)OC(=O)CCC1CC(=O)N(c2ccc(Br)cc2)C1. The highest BCUT2D eigenvalue weighted by atomic mass is 79.9. The average molecular weight is 368 g/mol. The Balaban J connectivity index is 1.87. The summed E-state index contributed by atoms with van der Waals surface area (Å²) in [5.41, 5.74) is 0.458. The summed E-state index contributed by atoms with van der Waals surface area (Å²) in [6, 6.07) is 7.71. The third-order valence-corrected chi connectivity index (χ3v) is 4.05. The lowest BCUT2D eigenvalue weighted by atomic mass is 10.0. The number of esters is 1. The number of hydrogen-bond acceptors (Lipinski definition) is 3. The fourth-order valence-electron chi connectivity index (χ4n) is 2.56. The van der Waals surface area contributed by atoms with E-state index in [-0.39, 0.29) is 17.8 Å². The van der Waals surface area contributed by atoms with Crippen LogP contribution in [0, 0.1) is 5.92 Å². The van der Waals surface area contributed by atoms with Crippen LogP contribution in [0.4, 0.5) is 5.69 Å². The summed E-state index contributed by atoms with van der Waals surface area (Å²) in [4.78, 5) is 25.7. The lowest BCUT2D eigenvalue weighted by Gasteiger charge is -2.20. The van der Waals surface area contributed by atoms with E-state index in [1.54, 1.807) is 4.90 Å². The lowest BCUT2D eigenvalue weighted by Crippen LogP contribution is -2.25. The van der Waals surface area contributed by atoms with Crippen LogP contribution < -0.4 is 4.90 Å². The number of hydrogen-bond donors (Lipinski definition) is 0. The Morgan fingerprint density at radius 1 is 1.32 bits per heavy atom. The van der Waals surface area contributed by atoms with Crippen LogP contribution in [-0.4, -0.2) is 24.0 Å². The van der Waals surface area contributed by atoms with Crippen LogP contribution in [0.5, 0.6) is 0 Å². The van der Waals surface area contributed by atoms with Gasteiger partial charge in [0.15, 0.2) is 0 Å². The van der Waals surface area contributed by atoms with E-state index in [0.717, 1.165) is 10.2 Å². The minimum absolute atomic E-state index is 0.122. The predicted molar refractivity (Wildman–Crippen MR) is 89.7 cm³/mol. The van der Waals surface area contributed by atoms with Gasteiger partial charge in [-0.1, -0.05) is 15.9 Å². The van der Waals surface area contributed by atoms with Crippen molar-refractivity contribution in [1.82, 2.24) is 0 Å². The highest BCUT2D eigenvalue weighted by Gasteiger charge is 2.31. The molecule has 1 unspecified atom stereocenters. The van der Waals surface area contributed by atoms with Gasteiger partial charge in [-0.05, 0) is 57.4 Å². The summed E-state index contributed by atoms with van der Waals surface area (Å²) in [7, 11) is 0. The number of nitrogens with zero attached hydrogens (tertiary/aromatic N) is 1. The van der Waals surface area contributed by atoms with Gasteiger partial charge in [0.05, 0.1) is 0 Å². The van der Waals surface area contributed by atoms with Crippen LogP contribution >= 0.6 is 15.9 Å². The van der Waals surface area contributed by atoms with E-state index < -0.39 is 5.60 Å². The third-order valence-electron chi connectivity index (χ3n) is 3.52. The Hall–Kier alpha value is -1.36. The highest BCUT2D eigenvalue weighted by molar-refractivity contribution is 9.10. The standard InChI is InChI=1S/C17H22BrNO3/c1-17(2,3)22-16(21)9-4-12-10-15(20)19(11-12)14-7-5-13(18)6-8-14/h5-8,12H,4,9-11H2,1-3H3. The summed E-state index contributed by atoms with van der Waals surface area (Å²) in [5.74, 6) is 0.141. The first kappa shape index (κ1) is 17.0. The van der Waals surface area contributed by atoms with Crippen molar-refractivity contribution in [2.24, 2.45) is 5.92 Å². The second kappa shape index (κ2) is 6.82. The number of carbonyl (C=O) groups is 2. The molecule has 0 saturated carbocycles. The zero-order valence-corrected chi connectivity index (χ0v) is 14.9. The molecule has 0 aliphatic carbocycles. The van der Waals surface area contributed by atoms with Crippen LogP contribution in [-0.2, 0) is 14.3 Å². The first-order valence-electron chi connectivity index (χ1n) is 7.52. The molecule has 1 fully saturated rings. The summed E-state index contributed by atoms with van der Waals surface area (Å²) in [6.07, 6.45) is 1.55. The van der Waals surface area contributed by atoms with Gasteiger partial charge in [-0.15, -0.1) is 0 Å². The van der Waals surface area contributed by atoms with E-state index >= 15 is 0 Å². The number of amides is 1. The number of carbonyl (C=O) groups excluding carboxylic acids is 2. The highest BCUT2D eigenvalue weighted by Crippen LogP contribution is 2.28. The fraction of sp³-hybridized carbons (Fsp3) is 0.529. The topological polar surface area (TPSA) is 46.6 Å². The minimum Gasteiger partial charge on any atom is -0.460 e. The molecule has 0 radical (unpaired) electrons. The molecule has 1 aromatic carbocycles. The van der Waals surface area contributed by atoms with Crippen LogP contribution in [0.15, 0.2) is 28.7 Å². The van der Waals surface area contributed by atoms with E-state index in [1.165, 1.54) is 0 Å². The van der Waals surface area contributed by atoms with Crippen molar-refractivity contribution in [1.29, 1.82) is 0 Å². The van der Waals surface area contributed by atoms with Crippen molar-refractivity contribution in [3.63, 3.8) is 0 Å². The molecule has 1 heterocycles. The Labute approximate surface area is 140 Å². The minimum atomic E-state index is -0.452. The lowest BCUT2D eigenvalue weighted by molar-refractivity contribution is -0.155. The molecule has 1 aliphatic rings. The first-order valence-corrected chi connectivity index (χ1v) is 8.32. The normalized spacial score (nSPS) is 18.6. The molecule has 22 heavy (non-hydrogen) atoms. The quantitative estimate of drug-likeness (QED) is 0.757. The maximum absolute atomic E-state index is 12.1. The Morgan fingerprint density at radius 2 is 1.95 bits per heavy atom. The molecule has 5 heteroatoms. The van der Waals surface area contributed by atoms with Crippen molar-refractivity contribution in [2.75, 3.05) is 11.4 Å². The smallest absolute Gasteiger partial charge is 0.306 e. The number of rotatable bonds is 4. The van der Waals surface area contributed by atoms with Gasteiger partial charge in [-0.3, -0.25) is 9.59 Å². The Kier molecular flexibility index (Phi) is 5.27. The molecule has 1 saturated heterocycles. The molecule has 0 N–H and O–H groups in total. The third kappa shape index (κ3) is 4.83. The summed E-state index contributed by atoms with van der Waals surface area (Å²) in [6.45, 7) is 6.25. The second-order valence-electron chi connectivity index (χ2n) is 6.68. The van der Waals surface area contributed by atoms with Gasteiger partial charge in [0.25, 0.3) is 0 Å². The summed E-state index contributed by atoms with van der Waals surface area (Å²) >= 11 is 3.39. The predicted octanol–water partition coefficient (Wildman–Crippen LogP) is 3.92. The molecule has 2 rings (SSSR count). The molecule has 1 aliphatic heterocycles. The number of anilines is 1. The number of ether oxygens (including phenoxy) is 1. The van der Waals surface area contributed by atoms with Gasteiger partial charge < -0.3 is 9.64 Å². The fourth-order valence-corrected chi connectivity index (χ4v) is 2.82. The number of halogens is 1. The molecule has 1 amide bonds. The van der Waals surface area contributed by atoms with Crippen molar-refractivity contribution in [3.8, 4) is 0 Å². The van der Waals surface area contributed by atoms with E-state index in [2.05, 4.69) is 15.9 Å². The zero-order valence-electron chi connectivity index (χ0n) is 13.3. The monoisotopic (exact) mass is 367 g/mol. The molecule has 1 aromatic rings. The van der Waals surface area contributed by atoms with E-state index in [1.807, 2.05) is 45.0 Å². The average Bonchev–Trinajstić information content (AvgIpc) is 2.77. The van der Waals surface area contributed by atoms with E-state index in [9.17, 15) is 9.59 Å². The van der Waals surface area contributed by atoms with Crippen LogP contribution in [0.2, 0.25) is 0 Å². The number of benzene rings is 1. The Morgan fingerprint density at radius 3 is 2.55 bits per heavy atom. The summed E-state index contributed by atoms with van der Waals surface area (Å²) < 4.78 is 6.30. The van der Waals surface area contributed by atoms with Crippen molar-refractivity contribution < 1.29 is 14.3 Å². The van der Waals surface area contributed by atoms with Gasteiger partial charge in [-0.2, -0.15) is 0 Å². The van der Waals surface area contributed by atoms with Crippen molar-refractivity contribution in [3.05, 3.63) is 28.7 Å². The molecule has 4 nitrogen and oxygen atoms in total. The van der Waals surface area contributed by atoms with Crippen LogP contribution in [0.1, 0.15) is 40.0 Å². The first-order chi connectivity index (χ1) is 10.2. The van der Waals surface area contributed by atoms with Gasteiger partial charge >= 0.3 is 5.97 Å². The molecular weight excluding hydrogens is 346 g/mol. The maximum atomic E-state index is 12.1. The molecule has 0 spiro atoms. The molecule has 120 valence electrons. The van der Waals surface area contributed by atoms with Crippen molar-refractivity contribution >= 4 is 33.5 Å². The van der Waals surface area contributed by atoms with E-state index in [4.69, 9.17) is 4.74 Å². The van der Waals surface area contributed by atoms with Crippen molar-refractivity contribution in [2.45, 2.75) is 45.6 Å². The largest absolute Gasteiger partial charge is 0.460 e. The van der Waals surface area contributed by atoms with Gasteiger partial charge in [0.2, 0.25) is 5.91 Å². The summed E-state index contributed by atoms with van der Waals surface area (Å²) in [5, 5.41) is 0. The molecular formula is C17H22BrNO3. The maximum Gasteiger partial charge on any atom is 0.306 e. The van der Waals surface area contributed by atoms with Crippen LogP contribution in [0.25, 0.3) is 0 Å². The molecule has 1 atom stereocenters.